The fourth-order valence-corrected chi connectivity index (χ4v) is 0.977. The van der Waals surface area contributed by atoms with Crippen LogP contribution in [0.2, 0.25) is 5.02 Å². The number of hydrogen-bond donors (Lipinski definition) is 1. The number of rotatable bonds is 0. The van der Waals surface area contributed by atoms with E-state index in [2.05, 4.69) is 5.92 Å². The van der Waals surface area contributed by atoms with E-state index in [-0.39, 0.29) is 0 Å². The highest BCUT2D eigenvalue weighted by Crippen LogP contribution is 2.15. The van der Waals surface area contributed by atoms with Crippen LogP contribution in [0, 0.1) is 18.8 Å². The highest BCUT2D eigenvalue weighted by molar-refractivity contribution is 6.31. The molecule has 1 aromatic carbocycles. The van der Waals surface area contributed by atoms with Gasteiger partial charge in [0.25, 0.3) is 0 Å². The van der Waals surface area contributed by atoms with Crippen molar-refractivity contribution >= 4 is 17.6 Å². The predicted molar refractivity (Wildman–Crippen MR) is 50.7 cm³/mol. The molecule has 0 aliphatic carbocycles. The van der Waals surface area contributed by atoms with Gasteiger partial charge in [-0.25, -0.2) is 4.79 Å². The minimum absolute atomic E-state index is 0.595. The van der Waals surface area contributed by atoms with Gasteiger partial charge in [0.1, 0.15) is 0 Å². The van der Waals surface area contributed by atoms with Crippen molar-refractivity contribution in [2.24, 2.45) is 0 Å². The first-order chi connectivity index (χ1) is 6.09. The summed E-state index contributed by atoms with van der Waals surface area (Å²) in [4.78, 5) is 10.1. The molecule has 0 aromatic heterocycles. The zero-order valence-corrected chi connectivity index (χ0v) is 7.72. The molecule has 0 aliphatic heterocycles. The summed E-state index contributed by atoms with van der Waals surface area (Å²) in [6.07, 6.45) is 0. The molecule has 2 nitrogen and oxygen atoms in total. The Bertz CT molecular complexity index is 399. The normalized spacial score (nSPS) is 8.77. The maximum absolute atomic E-state index is 10.1. The topological polar surface area (TPSA) is 37.3 Å². The van der Waals surface area contributed by atoms with E-state index < -0.39 is 5.97 Å². The van der Waals surface area contributed by atoms with Gasteiger partial charge in [-0.3, -0.25) is 0 Å². The molecule has 0 amide bonds. The monoisotopic (exact) mass is 194 g/mol. The fraction of sp³-hybridized carbons (Fsp3) is 0.100. The zero-order valence-electron chi connectivity index (χ0n) is 6.97. The molecule has 66 valence electrons. The summed E-state index contributed by atoms with van der Waals surface area (Å²) in [5, 5.41) is 8.89. The Morgan fingerprint density at radius 2 is 2.23 bits per heavy atom. The number of carboxylic acids is 1. The van der Waals surface area contributed by atoms with Crippen molar-refractivity contribution < 1.29 is 9.90 Å². The number of carboxylic acid groups (broad SMARTS) is 1. The largest absolute Gasteiger partial charge is 0.472 e. The first-order valence-electron chi connectivity index (χ1n) is 3.60. The SMILES string of the molecule is Cc1ccc(C#CC(=O)O)cc1Cl. The van der Waals surface area contributed by atoms with Gasteiger partial charge in [0, 0.05) is 16.5 Å². The molecule has 1 aromatic rings. The van der Waals surface area contributed by atoms with E-state index in [1.807, 2.05) is 12.8 Å². The quantitative estimate of drug-likeness (QED) is 0.642. The molecular weight excluding hydrogens is 188 g/mol. The lowest BCUT2D eigenvalue weighted by Gasteiger charge is -1.96. The van der Waals surface area contributed by atoms with Gasteiger partial charge in [-0.2, -0.15) is 0 Å². The van der Waals surface area contributed by atoms with Gasteiger partial charge in [0.05, 0.1) is 0 Å². The van der Waals surface area contributed by atoms with Crippen molar-refractivity contribution in [2.45, 2.75) is 6.92 Å². The first-order valence-corrected chi connectivity index (χ1v) is 3.98. The lowest BCUT2D eigenvalue weighted by molar-refractivity contribution is -0.130. The third-order valence-electron chi connectivity index (χ3n) is 1.49. The average molecular weight is 195 g/mol. The van der Waals surface area contributed by atoms with Crippen molar-refractivity contribution in [3.05, 3.63) is 34.3 Å². The summed E-state index contributed by atoms with van der Waals surface area (Å²) < 4.78 is 0. The third-order valence-corrected chi connectivity index (χ3v) is 1.89. The van der Waals surface area contributed by atoms with Gasteiger partial charge in [-0.05, 0) is 24.6 Å². The molecule has 1 N–H and O–H groups in total. The molecule has 13 heavy (non-hydrogen) atoms. The Hall–Kier alpha value is -1.46. The first kappa shape index (κ1) is 9.63. The van der Waals surface area contributed by atoms with Crippen LogP contribution >= 0.6 is 11.6 Å². The Kier molecular flexibility index (Phi) is 2.94. The van der Waals surface area contributed by atoms with Gasteiger partial charge in [0.2, 0.25) is 0 Å². The van der Waals surface area contributed by atoms with Crippen LogP contribution in [0.15, 0.2) is 18.2 Å². The molecule has 0 radical (unpaired) electrons. The molecule has 3 heteroatoms. The average Bonchev–Trinajstić information content (AvgIpc) is 2.07. The van der Waals surface area contributed by atoms with E-state index in [9.17, 15) is 4.79 Å². The Balaban J connectivity index is 3.00. The van der Waals surface area contributed by atoms with Gasteiger partial charge < -0.3 is 5.11 Å². The van der Waals surface area contributed by atoms with E-state index in [0.29, 0.717) is 10.6 Å². The second-order valence-electron chi connectivity index (χ2n) is 2.52. The second kappa shape index (κ2) is 3.97. The van der Waals surface area contributed by atoms with Crippen LogP contribution in [0.1, 0.15) is 11.1 Å². The molecule has 0 spiro atoms. The molecule has 0 saturated heterocycles. The van der Waals surface area contributed by atoms with Crippen LogP contribution in [0.25, 0.3) is 0 Å². The molecule has 0 saturated carbocycles. The van der Waals surface area contributed by atoms with E-state index in [1.165, 1.54) is 0 Å². The van der Waals surface area contributed by atoms with E-state index in [0.717, 1.165) is 5.56 Å². The number of hydrogen-bond acceptors (Lipinski definition) is 1. The summed E-state index contributed by atoms with van der Waals surface area (Å²) in [7, 11) is 0. The highest BCUT2D eigenvalue weighted by Gasteiger charge is 1.94. The van der Waals surface area contributed by atoms with Crippen molar-refractivity contribution in [2.75, 3.05) is 0 Å². The second-order valence-corrected chi connectivity index (χ2v) is 2.93. The van der Waals surface area contributed by atoms with Gasteiger partial charge in [-0.15, -0.1) is 0 Å². The van der Waals surface area contributed by atoms with Gasteiger partial charge >= 0.3 is 5.97 Å². The lowest BCUT2D eigenvalue weighted by atomic mass is 10.1. The van der Waals surface area contributed by atoms with E-state index in [4.69, 9.17) is 16.7 Å². The van der Waals surface area contributed by atoms with Crippen molar-refractivity contribution in [3.63, 3.8) is 0 Å². The summed E-state index contributed by atoms with van der Waals surface area (Å²) in [5.74, 6) is 3.35. The Morgan fingerprint density at radius 1 is 1.54 bits per heavy atom. The zero-order chi connectivity index (χ0) is 9.84. The summed E-state index contributed by atoms with van der Waals surface area (Å²) in [6.45, 7) is 1.87. The highest BCUT2D eigenvalue weighted by atomic mass is 35.5. The molecule has 0 bridgehead atoms. The predicted octanol–water partition coefficient (Wildman–Crippen LogP) is 2.08. The van der Waals surface area contributed by atoms with Gasteiger partial charge in [0.15, 0.2) is 0 Å². The molecule has 0 aliphatic rings. The molecule has 1 rings (SSSR count). The molecule has 0 fully saturated rings. The van der Waals surface area contributed by atoms with Gasteiger partial charge in [-0.1, -0.05) is 23.6 Å². The van der Waals surface area contributed by atoms with E-state index in [1.54, 1.807) is 18.2 Å². The van der Waals surface area contributed by atoms with Crippen LogP contribution < -0.4 is 0 Å². The number of carbonyl (C=O) groups is 1. The maximum atomic E-state index is 10.1. The Morgan fingerprint density at radius 3 is 2.77 bits per heavy atom. The maximum Gasteiger partial charge on any atom is 0.382 e. The van der Waals surface area contributed by atoms with Crippen LogP contribution in [-0.2, 0) is 4.79 Å². The standard InChI is InChI=1S/C10H7ClO2/c1-7-2-3-8(6-9(7)11)4-5-10(12)13/h2-3,6H,1H3,(H,12,13). The summed E-state index contributed by atoms with van der Waals surface area (Å²) in [5.41, 5.74) is 1.56. The number of halogens is 1. The van der Waals surface area contributed by atoms with Crippen LogP contribution in [-0.4, -0.2) is 11.1 Å². The Labute approximate surface area is 81.1 Å². The number of benzene rings is 1. The van der Waals surface area contributed by atoms with Crippen LogP contribution in [0.5, 0.6) is 0 Å². The number of aryl methyl sites for hydroxylation is 1. The van der Waals surface area contributed by atoms with Crippen LogP contribution in [0.4, 0.5) is 0 Å². The minimum Gasteiger partial charge on any atom is -0.472 e. The molecule has 0 atom stereocenters. The summed E-state index contributed by atoms with van der Waals surface area (Å²) >= 11 is 5.81. The van der Waals surface area contributed by atoms with Crippen LogP contribution in [0.3, 0.4) is 0 Å². The van der Waals surface area contributed by atoms with Crippen molar-refractivity contribution in [1.82, 2.24) is 0 Å². The van der Waals surface area contributed by atoms with Crippen molar-refractivity contribution in [3.8, 4) is 11.8 Å². The smallest absolute Gasteiger partial charge is 0.382 e. The minimum atomic E-state index is -1.14. The lowest BCUT2D eigenvalue weighted by Crippen LogP contribution is -1.87. The van der Waals surface area contributed by atoms with Crippen molar-refractivity contribution in [1.29, 1.82) is 0 Å². The molecule has 0 heterocycles. The summed E-state index contributed by atoms with van der Waals surface area (Å²) in [6, 6.07) is 5.18. The number of aliphatic carboxylic acids is 1. The molecule has 0 unspecified atom stereocenters. The third kappa shape index (κ3) is 2.81. The molecular formula is C10H7ClO2. The van der Waals surface area contributed by atoms with E-state index >= 15 is 0 Å². The fourth-order valence-electron chi connectivity index (χ4n) is 0.796.